The van der Waals surface area contributed by atoms with Crippen molar-refractivity contribution in [3.63, 3.8) is 0 Å². The average molecular weight is 538 g/mol. The van der Waals surface area contributed by atoms with Gasteiger partial charge >= 0.3 is 0 Å². The van der Waals surface area contributed by atoms with Gasteiger partial charge in [-0.2, -0.15) is 0 Å². The molecule has 166 valence electrons. The van der Waals surface area contributed by atoms with Crippen LogP contribution in [0, 0.1) is 5.92 Å². The number of likely N-dealkylation sites (tertiary alicyclic amines) is 1. The number of aliphatic imine (C=N–C) groups is 1. The summed E-state index contributed by atoms with van der Waals surface area (Å²) in [5.41, 5.74) is 0. The average Bonchev–Trinajstić information content (AvgIpc) is 3.22. The number of halogens is 1. The number of thiophene rings is 1. The van der Waals surface area contributed by atoms with Gasteiger partial charge in [-0.3, -0.25) is 9.69 Å². The zero-order valence-corrected chi connectivity index (χ0v) is 20.9. The van der Waals surface area contributed by atoms with Crippen molar-refractivity contribution in [1.82, 2.24) is 20.9 Å². The Bertz CT molecular complexity index is 592. The Morgan fingerprint density at radius 2 is 2.10 bits per heavy atom. The minimum absolute atomic E-state index is 0. The van der Waals surface area contributed by atoms with Gasteiger partial charge in [-0.15, -0.1) is 35.3 Å². The Morgan fingerprint density at radius 1 is 1.34 bits per heavy atom. The van der Waals surface area contributed by atoms with Crippen LogP contribution < -0.4 is 16.0 Å². The maximum atomic E-state index is 11.9. The second kappa shape index (κ2) is 15.0. The Morgan fingerprint density at radius 3 is 2.72 bits per heavy atom. The Balaban J connectivity index is 0.00000420. The molecule has 29 heavy (non-hydrogen) atoms. The second-order valence-electron chi connectivity index (χ2n) is 7.17. The normalized spacial score (nSPS) is 16.7. The van der Waals surface area contributed by atoms with Crippen LogP contribution in [-0.2, 0) is 9.53 Å². The van der Waals surface area contributed by atoms with Crippen molar-refractivity contribution >= 4 is 47.2 Å². The van der Waals surface area contributed by atoms with Crippen molar-refractivity contribution in [2.24, 2.45) is 10.9 Å². The van der Waals surface area contributed by atoms with Crippen molar-refractivity contribution in [2.75, 3.05) is 53.0 Å². The standard InChI is InChI=1S/C20H35N5O2S.HI/c1-4-21-20(24-15-19(26)22-9-12-27-3)23-14-17(18-6-5-13-28-18)25-10-7-16(2)8-11-25;/h5-6,13,16-17H,4,7-12,14-15H2,1-3H3,(H,22,26)(H2,21,23,24);1H. The molecule has 1 aliphatic heterocycles. The quantitative estimate of drug-likeness (QED) is 0.185. The van der Waals surface area contributed by atoms with Crippen molar-refractivity contribution in [3.05, 3.63) is 22.4 Å². The molecule has 0 radical (unpaired) electrons. The zero-order valence-electron chi connectivity index (χ0n) is 17.8. The first-order valence-electron chi connectivity index (χ1n) is 10.2. The molecule has 2 heterocycles. The fourth-order valence-corrected chi connectivity index (χ4v) is 4.13. The van der Waals surface area contributed by atoms with Crippen LogP contribution in [0.4, 0.5) is 0 Å². The summed E-state index contributed by atoms with van der Waals surface area (Å²) in [5, 5.41) is 11.6. The van der Waals surface area contributed by atoms with E-state index in [4.69, 9.17) is 4.74 Å². The number of methoxy groups -OCH3 is 1. The molecule has 2 rings (SSSR count). The third kappa shape index (κ3) is 9.63. The molecule has 0 bridgehead atoms. The smallest absolute Gasteiger partial charge is 0.241 e. The van der Waals surface area contributed by atoms with Crippen molar-refractivity contribution in [2.45, 2.75) is 32.7 Å². The van der Waals surface area contributed by atoms with E-state index in [0.717, 1.165) is 32.1 Å². The summed E-state index contributed by atoms with van der Waals surface area (Å²) in [6.07, 6.45) is 2.50. The van der Waals surface area contributed by atoms with Crippen LogP contribution in [0.1, 0.15) is 37.6 Å². The molecule has 9 heteroatoms. The summed E-state index contributed by atoms with van der Waals surface area (Å²) in [6.45, 7) is 9.25. The maximum absolute atomic E-state index is 11.9. The summed E-state index contributed by atoms with van der Waals surface area (Å²) in [7, 11) is 1.62. The molecule has 1 aromatic heterocycles. The van der Waals surface area contributed by atoms with Crippen LogP contribution in [0.2, 0.25) is 0 Å². The van der Waals surface area contributed by atoms with Crippen molar-refractivity contribution in [1.29, 1.82) is 0 Å². The SMILES string of the molecule is CCNC(=NCC(=O)NCCOC)NCC(c1cccs1)N1CCC(C)CC1.I. The highest BCUT2D eigenvalue weighted by Crippen LogP contribution is 2.28. The van der Waals surface area contributed by atoms with E-state index in [0.29, 0.717) is 25.2 Å². The first-order chi connectivity index (χ1) is 13.6. The van der Waals surface area contributed by atoms with E-state index in [9.17, 15) is 4.79 Å². The lowest BCUT2D eigenvalue weighted by molar-refractivity contribution is -0.119. The molecule has 1 aliphatic rings. The van der Waals surface area contributed by atoms with Gasteiger partial charge in [0.15, 0.2) is 5.96 Å². The molecular formula is C20H36IN5O2S. The maximum Gasteiger partial charge on any atom is 0.241 e. The topological polar surface area (TPSA) is 78.0 Å². The molecule has 1 amide bonds. The lowest BCUT2D eigenvalue weighted by Crippen LogP contribution is -2.45. The third-order valence-corrected chi connectivity index (χ3v) is 5.92. The molecule has 1 aromatic rings. The molecule has 0 saturated carbocycles. The summed E-state index contributed by atoms with van der Waals surface area (Å²) >= 11 is 1.80. The van der Waals surface area contributed by atoms with Crippen LogP contribution in [0.15, 0.2) is 22.5 Å². The highest BCUT2D eigenvalue weighted by atomic mass is 127. The molecule has 1 saturated heterocycles. The largest absolute Gasteiger partial charge is 0.383 e. The van der Waals surface area contributed by atoms with Gasteiger partial charge in [-0.05, 0) is 50.2 Å². The van der Waals surface area contributed by atoms with E-state index >= 15 is 0 Å². The predicted molar refractivity (Wildman–Crippen MR) is 131 cm³/mol. The first-order valence-corrected chi connectivity index (χ1v) is 11.1. The molecule has 0 spiro atoms. The van der Waals surface area contributed by atoms with E-state index < -0.39 is 0 Å². The number of piperidine rings is 1. The fraction of sp³-hybridized carbons (Fsp3) is 0.700. The van der Waals surface area contributed by atoms with Gasteiger partial charge < -0.3 is 20.7 Å². The van der Waals surface area contributed by atoms with Gasteiger partial charge in [-0.1, -0.05) is 13.0 Å². The van der Waals surface area contributed by atoms with Gasteiger partial charge in [-0.25, -0.2) is 4.99 Å². The van der Waals surface area contributed by atoms with Crippen LogP contribution in [0.3, 0.4) is 0 Å². The molecule has 7 nitrogen and oxygen atoms in total. The number of rotatable bonds is 10. The highest BCUT2D eigenvalue weighted by molar-refractivity contribution is 14.0. The van der Waals surface area contributed by atoms with Crippen LogP contribution in [-0.4, -0.2) is 69.8 Å². The Kier molecular flexibility index (Phi) is 13.5. The predicted octanol–water partition coefficient (Wildman–Crippen LogP) is 2.46. The van der Waals surface area contributed by atoms with Gasteiger partial charge in [0, 0.05) is 31.6 Å². The number of hydrogen-bond acceptors (Lipinski definition) is 5. The lowest BCUT2D eigenvalue weighted by atomic mass is 9.97. The van der Waals surface area contributed by atoms with E-state index in [1.165, 1.54) is 17.7 Å². The molecule has 1 unspecified atom stereocenters. The number of hydrogen-bond donors (Lipinski definition) is 3. The van der Waals surface area contributed by atoms with Crippen LogP contribution >= 0.6 is 35.3 Å². The number of ether oxygens (including phenoxy) is 1. The Labute approximate surface area is 196 Å². The molecular weight excluding hydrogens is 501 g/mol. The minimum atomic E-state index is -0.103. The summed E-state index contributed by atoms with van der Waals surface area (Å²) in [6, 6.07) is 4.65. The number of guanidine groups is 1. The van der Waals surface area contributed by atoms with Gasteiger partial charge in [0.25, 0.3) is 0 Å². The van der Waals surface area contributed by atoms with Crippen LogP contribution in [0.5, 0.6) is 0 Å². The summed E-state index contributed by atoms with van der Waals surface area (Å²) in [5.74, 6) is 1.38. The number of carbonyl (C=O) groups excluding carboxylic acids is 1. The van der Waals surface area contributed by atoms with Gasteiger partial charge in [0.05, 0.1) is 12.6 Å². The van der Waals surface area contributed by atoms with Gasteiger partial charge in [0.2, 0.25) is 5.91 Å². The van der Waals surface area contributed by atoms with Crippen LogP contribution in [0.25, 0.3) is 0 Å². The lowest BCUT2D eigenvalue weighted by Gasteiger charge is -2.36. The number of nitrogens with zero attached hydrogens (tertiary/aromatic N) is 2. The van der Waals surface area contributed by atoms with E-state index in [-0.39, 0.29) is 36.4 Å². The highest BCUT2D eigenvalue weighted by Gasteiger charge is 2.25. The molecule has 0 aliphatic carbocycles. The van der Waals surface area contributed by atoms with E-state index in [1.54, 1.807) is 18.4 Å². The summed E-state index contributed by atoms with van der Waals surface area (Å²) < 4.78 is 4.94. The summed E-state index contributed by atoms with van der Waals surface area (Å²) in [4.78, 5) is 20.3. The van der Waals surface area contributed by atoms with Gasteiger partial charge in [0.1, 0.15) is 6.54 Å². The fourth-order valence-electron chi connectivity index (χ4n) is 3.27. The molecule has 1 fully saturated rings. The Hall–Kier alpha value is -0.910. The van der Waals surface area contributed by atoms with E-state index in [1.807, 2.05) is 6.92 Å². The minimum Gasteiger partial charge on any atom is -0.383 e. The molecule has 1 atom stereocenters. The number of carbonyl (C=O) groups is 1. The first kappa shape index (κ1) is 26.1. The molecule has 0 aromatic carbocycles. The zero-order chi connectivity index (χ0) is 20.2. The van der Waals surface area contributed by atoms with Crippen molar-refractivity contribution in [3.8, 4) is 0 Å². The monoisotopic (exact) mass is 537 g/mol. The number of amides is 1. The molecule has 3 N–H and O–H groups in total. The third-order valence-electron chi connectivity index (χ3n) is 4.95. The number of nitrogens with one attached hydrogen (secondary N) is 3. The second-order valence-corrected chi connectivity index (χ2v) is 8.15. The van der Waals surface area contributed by atoms with Crippen molar-refractivity contribution < 1.29 is 9.53 Å². The van der Waals surface area contributed by atoms with E-state index in [2.05, 4.69) is 50.3 Å².